The van der Waals surface area contributed by atoms with Gasteiger partial charge in [0, 0.05) is 24.9 Å². The number of ether oxygens (including phenoxy) is 1. The molecule has 0 spiro atoms. The van der Waals surface area contributed by atoms with Gasteiger partial charge in [0.05, 0.1) is 28.1 Å². The van der Waals surface area contributed by atoms with Crippen molar-refractivity contribution < 1.29 is 17.9 Å². The summed E-state index contributed by atoms with van der Waals surface area (Å²) in [6, 6.07) is 12.7. The van der Waals surface area contributed by atoms with Crippen LogP contribution in [-0.2, 0) is 20.5 Å². The van der Waals surface area contributed by atoms with Gasteiger partial charge in [-0.3, -0.25) is 0 Å². The van der Waals surface area contributed by atoms with Gasteiger partial charge in [0.15, 0.2) is 5.16 Å². The van der Waals surface area contributed by atoms with Gasteiger partial charge in [-0.1, -0.05) is 37.7 Å². The number of carbonyl (C=O) groups excluding carboxylic acids is 1. The highest BCUT2D eigenvalue weighted by molar-refractivity contribution is 7.98. The van der Waals surface area contributed by atoms with Crippen molar-refractivity contribution in [3.05, 3.63) is 53.6 Å². The van der Waals surface area contributed by atoms with Crippen LogP contribution in [0, 0.1) is 0 Å². The molecule has 0 unspecified atom stereocenters. The van der Waals surface area contributed by atoms with E-state index in [1.807, 2.05) is 32.0 Å². The minimum Gasteiger partial charge on any atom is -0.462 e. The smallest absolute Gasteiger partial charge is 0.338 e. The molecule has 0 saturated carbocycles. The predicted molar refractivity (Wildman–Crippen MR) is 132 cm³/mol. The topological polar surface area (TPSA) is 81.5 Å². The van der Waals surface area contributed by atoms with E-state index in [0.717, 1.165) is 16.2 Å². The third-order valence-corrected chi connectivity index (χ3v) is 8.39. The molecule has 3 rings (SSSR count). The number of hydrogen-bond acceptors (Lipinski definition) is 6. The molecule has 0 atom stereocenters. The van der Waals surface area contributed by atoms with Gasteiger partial charge in [0.2, 0.25) is 10.0 Å². The molecule has 0 aliphatic rings. The van der Waals surface area contributed by atoms with Crippen LogP contribution in [0.15, 0.2) is 52.5 Å². The number of hydrogen-bond donors (Lipinski definition) is 0. The van der Waals surface area contributed by atoms with Gasteiger partial charge in [-0.2, -0.15) is 4.31 Å². The van der Waals surface area contributed by atoms with Gasteiger partial charge in [0.1, 0.15) is 0 Å². The highest BCUT2D eigenvalue weighted by Gasteiger charge is 2.23. The summed E-state index contributed by atoms with van der Waals surface area (Å²) in [5, 5.41) is 0.826. The normalized spacial score (nSPS) is 12.1. The molecular weight excluding hydrogens is 458 g/mol. The first kappa shape index (κ1) is 25.3. The van der Waals surface area contributed by atoms with Crippen LogP contribution in [0.3, 0.4) is 0 Å². The summed E-state index contributed by atoms with van der Waals surface area (Å²) in [6.45, 7) is 10.8. The fraction of sp³-hybridized carbons (Fsp3) is 0.417. The van der Waals surface area contributed by atoms with Crippen molar-refractivity contribution in [3.8, 4) is 0 Å². The lowest BCUT2D eigenvalue weighted by Crippen LogP contribution is -2.30. The third kappa shape index (κ3) is 5.42. The van der Waals surface area contributed by atoms with Crippen molar-refractivity contribution in [3.63, 3.8) is 0 Å². The van der Waals surface area contributed by atoms with Crippen molar-refractivity contribution in [2.75, 3.05) is 19.7 Å². The van der Waals surface area contributed by atoms with Crippen LogP contribution in [0.2, 0.25) is 0 Å². The summed E-state index contributed by atoms with van der Waals surface area (Å²) < 4.78 is 34.5. The summed E-state index contributed by atoms with van der Waals surface area (Å²) in [5.41, 5.74) is 3.16. The van der Waals surface area contributed by atoms with Crippen molar-refractivity contribution >= 4 is 38.8 Å². The van der Waals surface area contributed by atoms with Crippen LogP contribution in [0.4, 0.5) is 0 Å². The lowest BCUT2D eigenvalue weighted by Gasteiger charge is -2.18. The van der Waals surface area contributed by atoms with Gasteiger partial charge < -0.3 is 9.30 Å². The fourth-order valence-electron chi connectivity index (χ4n) is 3.63. The number of nitrogens with zero attached hydrogens (tertiary/aromatic N) is 3. The Hall–Kier alpha value is -2.36. The van der Waals surface area contributed by atoms with E-state index in [9.17, 15) is 13.2 Å². The minimum absolute atomic E-state index is 0.161. The second-order valence-corrected chi connectivity index (χ2v) is 10.7. The number of rotatable bonds is 10. The summed E-state index contributed by atoms with van der Waals surface area (Å²) in [7, 11) is -3.55. The quantitative estimate of drug-likeness (QED) is 0.291. The average molecular weight is 490 g/mol. The number of benzene rings is 2. The molecule has 3 aromatic rings. The molecule has 33 heavy (non-hydrogen) atoms. The molecule has 0 saturated heterocycles. The molecule has 1 heterocycles. The fourth-order valence-corrected chi connectivity index (χ4v) is 6.21. The van der Waals surface area contributed by atoms with E-state index in [-0.39, 0.29) is 16.9 Å². The number of fused-ring (bicyclic) bond motifs is 1. The van der Waals surface area contributed by atoms with Crippen LogP contribution < -0.4 is 0 Å². The lowest BCUT2D eigenvalue weighted by molar-refractivity contribution is 0.0526. The van der Waals surface area contributed by atoms with E-state index in [4.69, 9.17) is 9.72 Å². The van der Waals surface area contributed by atoms with Crippen molar-refractivity contribution in [2.45, 2.75) is 56.5 Å². The molecule has 0 aliphatic heterocycles. The second-order valence-electron chi connectivity index (χ2n) is 7.80. The van der Waals surface area contributed by atoms with Crippen LogP contribution in [0.1, 0.15) is 56.6 Å². The average Bonchev–Trinajstić information content (AvgIpc) is 3.16. The van der Waals surface area contributed by atoms with E-state index in [0.29, 0.717) is 36.5 Å². The largest absolute Gasteiger partial charge is 0.462 e. The Morgan fingerprint density at radius 2 is 1.76 bits per heavy atom. The number of thioether (sulfide) groups is 1. The molecule has 178 valence electrons. The number of imidazole rings is 1. The second kappa shape index (κ2) is 10.7. The number of sulfonamides is 1. The SMILES string of the molecule is CCOC(=O)c1ccc(CSc2nc3cc(S(=O)(=O)N(CC)CC)ccc3n2C(C)C)cc1. The van der Waals surface area contributed by atoms with Gasteiger partial charge in [-0.25, -0.2) is 18.2 Å². The Morgan fingerprint density at radius 1 is 1.09 bits per heavy atom. The number of aromatic nitrogens is 2. The summed E-state index contributed by atoms with van der Waals surface area (Å²) in [5.74, 6) is 0.345. The van der Waals surface area contributed by atoms with Crippen LogP contribution >= 0.6 is 11.8 Å². The number of esters is 1. The monoisotopic (exact) mass is 489 g/mol. The van der Waals surface area contributed by atoms with Gasteiger partial charge >= 0.3 is 5.97 Å². The standard InChI is InChI=1S/C24H31N3O4S2/c1-6-26(7-2)33(29,30)20-13-14-22-21(15-20)25-24(27(22)17(4)5)32-16-18-9-11-19(12-10-18)23(28)31-8-3/h9-15,17H,6-8,16H2,1-5H3. The highest BCUT2D eigenvalue weighted by Crippen LogP contribution is 2.31. The molecule has 2 aromatic carbocycles. The molecule has 9 heteroatoms. The summed E-state index contributed by atoms with van der Waals surface area (Å²) in [4.78, 5) is 16.9. The molecule has 0 fully saturated rings. The molecule has 1 aromatic heterocycles. The van der Waals surface area contributed by atoms with Gasteiger partial charge in [-0.15, -0.1) is 0 Å². The zero-order valence-electron chi connectivity index (χ0n) is 19.7. The Bertz CT molecular complexity index is 1210. The van der Waals surface area contributed by atoms with E-state index in [1.165, 1.54) is 4.31 Å². The zero-order chi connectivity index (χ0) is 24.2. The van der Waals surface area contributed by atoms with Gasteiger partial charge in [-0.05, 0) is 56.7 Å². The Balaban J connectivity index is 1.88. The zero-order valence-corrected chi connectivity index (χ0v) is 21.4. The van der Waals surface area contributed by atoms with Crippen molar-refractivity contribution in [1.82, 2.24) is 13.9 Å². The molecular formula is C24H31N3O4S2. The highest BCUT2D eigenvalue weighted by atomic mass is 32.2. The van der Waals surface area contributed by atoms with E-state index in [1.54, 1.807) is 43.0 Å². The number of carbonyl (C=O) groups is 1. The van der Waals surface area contributed by atoms with Crippen molar-refractivity contribution in [1.29, 1.82) is 0 Å². The molecule has 0 radical (unpaired) electrons. The minimum atomic E-state index is -3.55. The first-order valence-electron chi connectivity index (χ1n) is 11.1. The summed E-state index contributed by atoms with van der Waals surface area (Å²) in [6.07, 6.45) is 0. The molecule has 0 aliphatic carbocycles. The van der Waals surface area contributed by atoms with E-state index >= 15 is 0 Å². The maximum absolute atomic E-state index is 12.9. The molecule has 0 N–H and O–H groups in total. The van der Waals surface area contributed by atoms with Crippen LogP contribution in [0.25, 0.3) is 11.0 Å². The Kier molecular flexibility index (Phi) is 8.20. The van der Waals surface area contributed by atoms with Crippen LogP contribution in [-0.4, -0.2) is 47.9 Å². The van der Waals surface area contributed by atoms with E-state index < -0.39 is 10.0 Å². The van der Waals surface area contributed by atoms with E-state index in [2.05, 4.69) is 18.4 Å². The Labute approximate surface area is 200 Å². The predicted octanol–water partition coefficient (Wildman–Crippen LogP) is 5.12. The first-order valence-corrected chi connectivity index (χ1v) is 13.6. The maximum atomic E-state index is 12.9. The first-order chi connectivity index (χ1) is 15.7. The lowest BCUT2D eigenvalue weighted by atomic mass is 10.1. The molecule has 0 bridgehead atoms. The summed E-state index contributed by atoms with van der Waals surface area (Å²) >= 11 is 1.58. The maximum Gasteiger partial charge on any atom is 0.338 e. The molecule has 0 amide bonds. The van der Waals surface area contributed by atoms with Crippen molar-refractivity contribution in [2.24, 2.45) is 0 Å². The van der Waals surface area contributed by atoms with Gasteiger partial charge in [0.25, 0.3) is 0 Å². The molecule has 7 nitrogen and oxygen atoms in total. The Morgan fingerprint density at radius 3 is 2.33 bits per heavy atom. The third-order valence-electron chi connectivity index (χ3n) is 5.32. The van der Waals surface area contributed by atoms with Crippen LogP contribution in [0.5, 0.6) is 0 Å².